The third kappa shape index (κ3) is 6.14. The maximum absolute atomic E-state index is 13.8. The van der Waals surface area contributed by atoms with Gasteiger partial charge in [-0.1, -0.05) is 12.1 Å². The molecule has 0 bridgehead atoms. The van der Waals surface area contributed by atoms with E-state index in [0.717, 1.165) is 64.3 Å². The standard InChI is InChI=1S/C21H32F2N4O/c1-2-24-21(25-10-6-17-4-3-5-19(22)20(17)23)26-18-7-11-27(12-8-18)14-16-9-13-28-15-16/h3-5,16,18H,2,6-15H2,1H3,(H2,24,25,26). The number of piperidine rings is 1. The first kappa shape index (κ1) is 21.0. The highest BCUT2D eigenvalue weighted by Gasteiger charge is 2.24. The van der Waals surface area contributed by atoms with Crippen LogP contribution in [-0.4, -0.2) is 62.8 Å². The first-order valence-electron chi connectivity index (χ1n) is 10.4. The summed E-state index contributed by atoms with van der Waals surface area (Å²) in [5.41, 5.74) is 0.365. The molecular weight excluding hydrogens is 362 g/mol. The van der Waals surface area contributed by atoms with Crippen LogP contribution in [0.5, 0.6) is 0 Å². The van der Waals surface area contributed by atoms with Crippen LogP contribution in [0.4, 0.5) is 8.78 Å². The van der Waals surface area contributed by atoms with Crippen molar-refractivity contribution in [2.75, 3.05) is 45.9 Å². The van der Waals surface area contributed by atoms with Crippen LogP contribution in [0, 0.1) is 17.6 Å². The van der Waals surface area contributed by atoms with E-state index in [1.54, 1.807) is 6.07 Å². The fraction of sp³-hybridized carbons (Fsp3) is 0.667. The second-order valence-electron chi connectivity index (χ2n) is 7.67. The number of ether oxygens (including phenoxy) is 1. The van der Waals surface area contributed by atoms with Crippen molar-refractivity contribution in [2.45, 2.75) is 38.6 Å². The number of aliphatic imine (C=N–C) groups is 1. The number of hydrogen-bond acceptors (Lipinski definition) is 3. The molecule has 2 fully saturated rings. The van der Waals surface area contributed by atoms with E-state index in [1.165, 1.54) is 12.5 Å². The Labute approximate surface area is 166 Å². The van der Waals surface area contributed by atoms with Crippen molar-refractivity contribution in [3.05, 3.63) is 35.4 Å². The molecule has 2 N–H and O–H groups in total. The Morgan fingerprint density at radius 2 is 2.07 bits per heavy atom. The predicted molar refractivity (Wildman–Crippen MR) is 108 cm³/mol. The van der Waals surface area contributed by atoms with Crippen LogP contribution in [0.3, 0.4) is 0 Å². The molecule has 2 heterocycles. The molecule has 7 heteroatoms. The summed E-state index contributed by atoms with van der Waals surface area (Å²) in [5, 5.41) is 6.76. The molecule has 0 radical (unpaired) electrons. The van der Waals surface area contributed by atoms with Gasteiger partial charge >= 0.3 is 0 Å². The number of halogens is 2. The number of likely N-dealkylation sites (tertiary alicyclic amines) is 1. The Morgan fingerprint density at radius 3 is 2.79 bits per heavy atom. The van der Waals surface area contributed by atoms with E-state index >= 15 is 0 Å². The highest BCUT2D eigenvalue weighted by molar-refractivity contribution is 5.80. The normalized spacial score (nSPS) is 21.8. The molecule has 1 atom stereocenters. The van der Waals surface area contributed by atoms with Crippen molar-refractivity contribution in [1.29, 1.82) is 0 Å². The first-order valence-corrected chi connectivity index (χ1v) is 10.4. The maximum Gasteiger partial charge on any atom is 0.191 e. The summed E-state index contributed by atoms with van der Waals surface area (Å²) in [6.07, 6.45) is 3.72. The van der Waals surface area contributed by atoms with Gasteiger partial charge in [0, 0.05) is 45.4 Å². The molecule has 1 aromatic rings. The highest BCUT2D eigenvalue weighted by Crippen LogP contribution is 2.17. The topological polar surface area (TPSA) is 48.9 Å². The number of nitrogens with zero attached hydrogens (tertiary/aromatic N) is 2. The smallest absolute Gasteiger partial charge is 0.191 e. The molecule has 1 aromatic carbocycles. The van der Waals surface area contributed by atoms with Gasteiger partial charge in [0.1, 0.15) is 0 Å². The van der Waals surface area contributed by atoms with Crippen LogP contribution in [0.1, 0.15) is 31.7 Å². The largest absolute Gasteiger partial charge is 0.381 e. The lowest BCUT2D eigenvalue weighted by molar-refractivity contribution is 0.150. The van der Waals surface area contributed by atoms with Crippen molar-refractivity contribution < 1.29 is 13.5 Å². The van der Waals surface area contributed by atoms with Gasteiger partial charge in [0.25, 0.3) is 0 Å². The van der Waals surface area contributed by atoms with Crippen molar-refractivity contribution in [3.63, 3.8) is 0 Å². The first-order chi connectivity index (χ1) is 13.7. The van der Waals surface area contributed by atoms with E-state index in [0.29, 0.717) is 30.5 Å². The summed E-state index contributed by atoms with van der Waals surface area (Å²) >= 11 is 0. The maximum atomic E-state index is 13.8. The van der Waals surface area contributed by atoms with Gasteiger partial charge in [-0.25, -0.2) is 8.78 Å². The van der Waals surface area contributed by atoms with Crippen LogP contribution in [0.15, 0.2) is 23.2 Å². The number of rotatable bonds is 7. The quantitative estimate of drug-likeness (QED) is 0.551. The monoisotopic (exact) mass is 394 g/mol. The molecule has 0 amide bonds. The molecule has 2 aliphatic heterocycles. The minimum Gasteiger partial charge on any atom is -0.381 e. The van der Waals surface area contributed by atoms with Gasteiger partial charge in [0.15, 0.2) is 17.6 Å². The Balaban J connectivity index is 1.45. The minimum atomic E-state index is -0.803. The summed E-state index contributed by atoms with van der Waals surface area (Å²) in [5.74, 6) is -0.133. The van der Waals surface area contributed by atoms with Gasteiger partial charge in [-0.15, -0.1) is 0 Å². The second-order valence-corrected chi connectivity index (χ2v) is 7.67. The molecule has 3 rings (SSSR count). The molecule has 0 aliphatic carbocycles. The van der Waals surface area contributed by atoms with Crippen molar-refractivity contribution in [1.82, 2.24) is 15.5 Å². The molecule has 1 unspecified atom stereocenters. The predicted octanol–water partition coefficient (Wildman–Crippen LogP) is 2.56. The van der Waals surface area contributed by atoms with Gasteiger partial charge in [-0.05, 0) is 50.2 Å². The summed E-state index contributed by atoms with van der Waals surface area (Å²) in [6, 6.07) is 4.67. The lowest BCUT2D eigenvalue weighted by Gasteiger charge is -2.34. The average Bonchev–Trinajstić information content (AvgIpc) is 3.20. The van der Waals surface area contributed by atoms with E-state index in [1.807, 2.05) is 6.92 Å². The summed E-state index contributed by atoms with van der Waals surface area (Å²) < 4.78 is 32.5. The number of nitrogens with one attached hydrogen (secondary N) is 2. The Kier molecular flexibility index (Phi) is 8.03. The lowest BCUT2D eigenvalue weighted by Crippen LogP contribution is -2.49. The zero-order valence-electron chi connectivity index (χ0n) is 16.7. The minimum absolute atomic E-state index is 0.365. The van der Waals surface area contributed by atoms with Crippen molar-refractivity contribution >= 4 is 5.96 Å². The van der Waals surface area contributed by atoms with E-state index in [9.17, 15) is 8.78 Å². The lowest BCUT2D eigenvalue weighted by atomic mass is 10.0. The van der Waals surface area contributed by atoms with E-state index in [4.69, 9.17) is 4.74 Å². The van der Waals surface area contributed by atoms with Crippen LogP contribution >= 0.6 is 0 Å². The van der Waals surface area contributed by atoms with E-state index < -0.39 is 11.6 Å². The highest BCUT2D eigenvalue weighted by atomic mass is 19.2. The van der Waals surface area contributed by atoms with Crippen LogP contribution in [0.2, 0.25) is 0 Å². The molecule has 0 spiro atoms. The van der Waals surface area contributed by atoms with Gasteiger partial charge in [0.2, 0.25) is 0 Å². The van der Waals surface area contributed by atoms with Crippen molar-refractivity contribution in [2.24, 2.45) is 10.9 Å². The molecule has 0 saturated carbocycles. The second kappa shape index (κ2) is 10.7. The van der Waals surface area contributed by atoms with Gasteiger partial charge in [0.05, 0.1) is 6.61 Å². The van der Waals surface area contributed by atoms with E-state index in [2.05, 4.69) is 20.5 Å². The SMILES string of the molecule is CCNC(=NCCc1cccc(F)c1F)NC1CCN(CC2CCOC2)CC1. The molecule has 5 nitrogen and oxygen atoms in total. The molecule has 0 aromatic heterocycles. The zero-order chi connectivity index (χ0) is 19.8. The molecular formula is C21H32F2N4O. The summed E-state index contributed by atoms with van der Waals surface area (Å²) in [4.78, 5) is 7.09. The van der Waals surface area contributed by atoms with Crippen LogP contribution in [0.25, 0.3) is 0 Å². The summed E-state index contributed by atoms with van der Waals surface area (Å²) in [6.45, 7) is 8.32. The zero-order valence-corrected chi connectivity index (χ0v) is 16.7. The number of guanidine groups is 1. The molecule has 2 saturated heterocycles. The van der Waals surface area contributed by atoms with Crippen LogP contribution in [-0.2, 0) is 11.2 Å². The fourth-order valence-corrected chi connectivity index (χ4v) is 3.90. The third-order valence-corrected chi connectivity index (χ3v) is 5.50. The van der Waals surface area contributed by atoms with E-state index in [-0.39, 0.29) is 0 Å². The molecule has 156 valence electrons. The summed E-state index contributed by atoms with van der Waals surface area (Å²) in [7, 11) is 0. The van der Waals surface area contributed by atoms with Gasteiger partial charge in [-0.2, -0.15) is 0 Å². The Hall–Kier alpha value is -1.73. The fourth-order valence-electron chi connectivity index (χ4n) is 3.90. The third-order valence-electron chi connectivity index (χ3n) is 5.50. The van der Waals surface area contributed by atoms with Gasteiger partial charge in [-0.3, -0.25) is 4.99 Å². The number of benzene rings is 1. The number of hydrogen-bond donors (Lipinski definition) is 2. The Bertz CT molecular complexity index is 641. The molecule has 28 heavy (non-hydrogen) atoms. The Morgan fingerprint density at radius 1 is 1.25 bits per heavy atom. The van der Waals surface area contributed by atoms with Crippen molar-refractivity contribution in [3.8, 4) is 0 Å². The average molecular weight is 395 g/mol. The molecule has 2 aliphatic rings. The van der Waals surface area contributed by atoms with Crippen LogP contribution < -0.4 is 10.6 Å². The van der Waals surface area contributed by atoms with Gasteiger partial charge < -0.3 is 20.3 Å².